The van der Waals surface area contributed by atoms with Crippen LogP contribution in [0.25, 0.3) is 0 Å². The number of benzene rings is 1. The summed E-state index contributed by atoms with van der Waals surface area (Å²) < 4.78 is 31.0. The van der Waals surface area contributed by atoms with Gasteiger partial charge in [0.05, 0.1) is 18.0 Å². The van der Waals surface area contributed by atoms with Crippen LogP contribution < -0.4 is 0 Å². The second kappa shape index (κ2) is 4.64. The molecule has 1 saturated heterocycles. The lowest BCUT2D eigenvalue weighted by Crippen LogP contribution is -2.55. The van der Waals surface area contributed by atoms with E-state index in [9.17, 15) is 8.42 Å². The molecule has 0 unspecified atom stereocenters. The molecule has 1 aliphatic heterocycles. The van der Waals surface area contributed by atoms with Crippen LogP contribution in [-0.2, 0) is 21.4 Å². The Bertz CT molecular complexity index is 504. The summed E-state index contributed by atoms with van der Waals surface area (Å²) in [5, 5.41) is -0.104. The van der Waals surface area contributed by atoms with Crippen molar-refractivity contribution in [2.24, 2.45) is 0 Å². The van der Waals surface area contributed by atoms with Crippen molar-refractivity contribution in [3.05, 3.63) is 35.9 Å². The number of rotatable bonds is 5. The van der Waals surface area contributed by atoms with Gasteiger partial charge in [0.2, 0.25) is 10.0 Å². The number of hydrogen-bond donors (Lipinski definition) is 0. The first-order valence-corrected chi connectivity index (χ1v) is 7.81. The fourth-order valence-electron chi connectivity index (χ4n) is 2.08. The maximum absolute atomic E-state index is 11.9. The number of ether oxygens (including phenoxy) is 1. The van der Waals surface area contributed by atoms with Gasteiger partial charge in [0.25, 0.3) is 0 Å². The van der Waals surface area contributed by atoms with Crippen molar-refractivity contribution < 1.29 is 13.2 Å². The van der Waals surface area contributed by atoms with Crippen LogP contribution in [0.4, 0.5) is 0 Å². The summed E-state index contributed by atoms with van der Waals surface area (Å²) in [6, 6.07) is 9.94. The van der Waals surface area contributed by atoms with Gasteiger partial charge in [-0.2, -0.15) is 4.31 Å². The predicted octanol–water partition coefficient (Wildman–Crippen LogP) is 1.38. The van der Waals surface area contributed by atoms with Crippen molar-refractivity contribution in [1.82, 2.24) is 4.31 Å². The van der Waals surface area contributed by atoms with Gasteiger partial charge in [0, 0.05) is 13.1 Å². The Morgan fingerprint density at radius 2 is 1.83 bits per heavy atom. The van der Waals surface area contributed by atoms with Crippen LogP contribution in [0.1, 0.15) is 18.4 Å². The summed E-state index contributed by atoms with van der Waals surface area (Å²) in [4.78, 5) is 0. The minimum Gasteiger partial charge on any atom is -0.371 e. The third kappa shape index (κ3) is 2.43. The lowest BCUT2D eigenvalue weighted by atomic mass is 10.2. The molecule has 0 amide bonds. The fourth-order valence-corrected chi connectivity index (χ4v) is 3.98. The average molecular weight is 267 g/mol. The Balaban J connectivity index is 1.46. The van der Waals surface area contributed by atoms with E-state index in [-0.39, 0.29) is 11.4 Å². The van der Waals surface area contributed by atoms with Crippen LogP contribution >= 0.6 is 0 Å². The van der Waals surface area contributed by atoms with Crippen molar-refractivity contribution >= 4 is 10.0 Å². The van der Waals surface area contributed by atoms with Gasteiger partial charge in [-0.15, -0.1) is 0 Å². The van der Waals surface area contributed by atoms with Gasteiger partial charge in [-0.05, 0) is 18.4 Å². The zero-order chi connectivity index (χ0) is 12.6. The third-order valence-corrected chi connectivity index (χ3v) is 5.78. The Kier molecular flexibility index (Phi) is 3.13. The van der Waals surface area contributed by atoms with E-state index in [2.05, 4.69) is 0 Å². The molecule has 2 aliphatic rings. The topological polar surface area (TPSA) is 46.6 Å². The maximum atomic E-state index is 11.9. The van der Waals surface area contributed by atoms with Gasteiger partial charge in [-0.25, -0.2) is 8.42 Å². The van der Waals surface area contributed by atoms with Crippen LogP contribution in [0.2, 0.25) is 0 Å². The molecule has 0 radical (unpaired) electrons. The largest absolute Gasteiger partial charge is 0.371 e. The van der Waals surface area contributed by atoms with Crippen molar-refractivity contribution in [2.45, 2.75) is 30.8 Å². The molecule has 5 heteroatoms. The molecule has 2 fully saturated rings. The number of hydrogen-bond acceptors (Lipinski definition) is 3. The molecular weight excluding hydrogens is 250 g/mol. The highest BCUT2D eigenvalue weighted by molar-refractivity contribution is 7.90. The van der Waals surface area contributed by atoms with Crippen LogP contribution in [0, 0.1) is 0 Å². The van der Waals surface area contributed by atoms with E-state index in [4.69, 9.17) is 4.74 Å². The molecule has 0 aromatic heterocycles. The van der Waals surface area contributed by atoms with Crippen LogP contribution in [0.5, 0.6) is 0 Å². The summed E-state index contributed by atoms with van der Waals surface area (Å²) in [7, 11) is -2.99. The highest BCUT2D eigenvalue weighted by Gasteiger charge is 2.45. The third-order valence-electron chi connectivity index (χ3n) is 3.45. The molecule has 0 bridgehead atoms. The van der Waals surface area contributed by atoms with E-state index in [1.807, 2.05) is 30.3 Å². The number of sulfonamides is 1. The Morgan fingerprint density at radius 3 is 2.44 bits per heavy atom. The summed E-state index contributed by atoms with van der Waals surface area (Å²) >= 11 is 0. The fraction of sp³-hybridized carbons (Fsp3) is 0.538. The van der Waals surface area contributed by atoms with Crippen molar-refractivity contribution in [3.8, 4) is 0 Å². The molecule has 1 heterocycles. The lowest BCUT2D eigenvalue weighted by molar-refractivity contribution is -0.0296. The molecule has 1 aromatic carbocycles. The Morgan fingerprint density at radius 1 is 1.17 bits per heavy atom. The zero-order valence-corrected chi connectivity index (χ0v) is 11.0. The first-order valence-electron chi connectivity index (χ1n) is 6.31. The first-order chi connectivity index (χ1) is 8.66. The van der Waals surface area contributed by atoms with E-state index in [1.165, 1.54) is 0 Å². The standard InChI is InChI=1S/C13H17NO3S/c15-18(16,13-6-7-13)14-8-12(9-14)17-10-11-4-2-1-3-5-11/h1-5,12-13H,6-10H2. The van der Waals surface area contributed by atoms with Crippen molar-refractivity contribution in [3.63, 3.8) is 0 Å². The molecule has 1 saturated carbocycles. The normalized spacial score (nSPS) is 21.8. The summed E-state index contributed by atoms with van der Waals surface area (Å²) in [6.45, 7) is 1.60. The molecule has 4 nitrogen and oxygen atoms in total. The Hall–Kier alpha value is -0.910. The molecular formula is C13H17NO3S. The smallest absolute Gasteiger partial charge is 0.217 e. The SMILES string of the molecule is O=S(=O)(C1CC1)N1CC(OCc2ccccc2)C1. The molecule has 98 valence electrons. The maximum Gasteiger partial charge on any atom is 0.217 e. The van der Waals surface area contributed by atoms with E-state index >= 15 is 0 Å². The molecule has 1 aliphatic carbocycles. The van der Waals surface area contributed by atoms with Gasteiger partial charge < -0.3 is 4.74 Å². The minimum atomic E-state index is -2.99. The van der Waals surface area contributed by atoms with Gasteiger partial charge >= 0.3 is 0 Å². The lowest BCUT2D eigenvalue weighted by Gasteiger charge is -2.37. The summed E-state index contributed by atoms with van der Waals surface area (Å²) in [5.41, 5.74) is 1.13. The second-order valence-electron chi connectivity index (χ2n) is 4.98. The Labute approximate surface area is 108 Å². The second-order valence-corrected chi connectivity index (χ2v) is 7.19. The van der Waals surface area contributed by atoms with E-state index in [1.54, 1.807) is 4.31 Å². The summed E-state index contributed by atoms with van der Waals surface area (Å²) in [6.07, 6.45) is 1.71. The molecule has 0 spiro atoms. The molecule has 0 atom stereocenters. The quantitative estimate of drug-likeness (QED) is 0.809. The van der Waals surface area contributed by atoms with E-state index in [0.29, 0.717) is 19.7 Å². The van der Waals surface area contributed by atoms with Crippen molar-refractivity contribution in [1.29, 1.82) is 0 Å². The minimum absolute atomic E-state index is 0.0544. The molecule has 0 N–H and O–H groups in total. The van der Waals surface area contributed by atoms with Crippen LogP contribution in [0.15, 0.2) is 30.3 Å². The van der Waals surface area contributed by atoms with E-state index in [0.717, 1.165) is 18.4 Å². The summed E-state index contributed by atoms with van der Waals surface area (Å²) in [5.74, 6) is 0. The van der Waals surface area contributed by atoms with Crippen LogP contribution in [-0.4, -0.2) is 37.2 Å². The highest BCUT2D eigenvalue weighted by atomic mass is 32.2. The van der Waals surface area contributed by atoms with Gasteiger partial charge in [0.15, 0.2) is 0 Å². The highest BCUT2D eigenvalue weighted by Crippen LogP contribution is 2.33. The molecule has 1 aromatic rings. The monoisotopic (exact) mass is 267 g/mol. The van der Waals surface area contributed by atoms with Crippen LogP contribution in [0.3, 0.4) is 0 Å². The molecule has 18 heavy (non-hydrogen) atoms. The zero-order valence-electron chi connectivity index (χ0n) is 10.2. The average Bonchev–Trinajstić information content (AvgIpc) is 3.12. The van der Waals surface area contributed by atoms with Crippen molar-refractivity contribution in [2.75, 3.05) is 13.1 Å². The first kappa shape index (κ1) is 12.1. The van der Waals surface area contributed by atoms with E-state index < -0.39 is 10.0 Å². The van der Waals surface area contributed by atoms with Gasteiger partial charge in [-0.1, -0.05) is 30.3 Å². The van der Waals surface area contributed by atoms with Gasteiger partial charge in [0.1, 0.15) is 0 Å². The van der Waals surface area contributed by atoms with Gasteiger partial charge in [-0.3, -0.25) is 0 Å². The predicted molar refractivity (Wildman–Crippen MR) is 68.5 cm³/mol. The number of nitrogens with zero attached hydrogens (tertiary/aromatic N) is 1. The molecule has 3 rings (SSSR count).